The topological polar surface area (TPSA) is 23.6 Å². The van der Waals surface area contributed by atoms with Gasteiger partial charge in [-0.15, -0.1) is 0 Å². The molecule has 3 nitrogen and oxygen atoms in total. The van der Waals surface area contributed by atoms with Crippen LogP contribution in [-0.4, -0.2) is 17.5 Å². The van der Waals surface area contributed by atoms with Gasteiger partial charge >= 0.3 is 6.03 Å². The molecule has 0 spiro atoms. The van der Waals surface area contributed by atoms with Gasteiger partial charge in [0.1, 0.15) is 0 Å². The zero-order valence-corrected chi connectivity index (χ0v) is 17.0. The summed E-state index contributed by atoms with van der Waals surface area (Å²) in [5, 5.41) is 1.30. The first-order valence-corrected chi connectivity index (χ1v) is 9.92. The number of nitrogens with zero attached hydrogens (tertiary/aromatic N) is 2. The third-order valence-electron chi connectivity index (χ3n) is 5.04. The quantitative estimate of drug-likeness (QED) is 0.482. The number of urea groups is 1. The summed E-state index contributed by atoms with van der Waals surface area (Å²) in [6.45, 7) is 3.18. The fourth-order valence-electron chi connectivity index (χ4n) is 3.58. The first kappa shape index (κ1) is 18.9. The maximum absolute atomic E-state index is 13.3. The number of halogens is 2. The molecule has 1 fully saturated rings. The van der Waals surface area contributed by atoms with Crippen LogP contribution in [0, 0.1) is 6.92 Å². The van der Waals surface area contributed by atoms with Crippen LogP contribution in [0.3, 0.4) is 0 Å². The predicted octanol–water partition coefficient (Wildman–Crippen LogP) is 6.49. The minimum absolute atomic E-state index is 0.0344. The van der Waals surface area contributed by atoms with Crippen LogP contribution in [0.4, 0.5) is 10.5 Å². The van der Waals surface area contributed by atoms with E-state index in [1.165, 1.54) is 5.56 Å². The van der Waals surface area contributed by atoms with Gasteiger partial charge in [-0.25, -0.2) is 4.79 Å². The summed E-state index contributed by atoms with van der Waals surface area (Å²) >= 11 is 12.5. The molecular formula is C23H20Cl2N2O. The van der Waals surface area contributed by atoms with Gasteiger partial charge in [-0.05, 0) is 48.4 Å². The molecule has 2 amide bonds. The van der Waals surface area contributed by atoms with Crippen molar-refractivity contribution in [1.29, 1.82) is 0 Å². The molecule has 0 bridgehead atoms. The van der Waals surface area contributed by atoms with Crippen molar-refractivity contribution in [2.45, 2.75) is 19.5 Å². The molecule has 3 aromatic carbocycles. The lowest BCUT2D eigenvalue weighted by Crippen LogP contribution is -2.32. The Bertz CT molecular complexity index is 986. The lowest BCUT2D eigenvalue weighted by atomic mass is 10.1. The van der Waals surface area contributed by atoms with Gasteiger partial charge in [0.05, 0.1) is 6.04 Å². The third-order valence-corrected chi connectivity index (χ3v) is 5.64. The van der Waals surface area contributed by atoms with Crippen LogP contribution in [0.2, 0.25) is 10.0 Å². The van der Waals surface area contributed by atoms with Crippen LogP contribution in [-0.2, 0) is 6.54 Å². The Balaban J connectivity index is 1.70. The zero-order valence-electron chi connectivity index (χ0n) is 15.5. The normalized spacial score (nSPS) is 16.7. The van der Waals surface area contributed by atoms with Crippen molar-refractivity contribution in [2.24, 2.45) is 0 Å². The van der Waals surface area contributed by atoms with E-state index in [-0.39, 0.29) is 12.1 Å². The molecule has 28 heavy (non-hydrogen) atoms. The van der Waals surface area contributed by atoms with Gasteiger partial charge in [-0.3, -0.25) is 4.90 Å². The van der Waals surface area contributed by atoms with E-state index in [9.17, 15) is 4.79 Å². The van der Waals surface area contributed by atoms with Gasteiger partial charge in [0.25, 0.3) is 0 Å². The second kappa shape index (κ2) is 7.86. The molecular weight excluding hydrogens is 391 g/mol. The van der Waals surface area contributed by atoms with E-state index in [1.807, 2.05) is 46.2 Å². The summed E-state index contributed by atoms with van der Waals surface area (Å²) in [7, 11) is 0. The Labute approximate surface area is 175 Å². The highest BCUT2D eigenvalue weighted by Gasteiger charge is 2.39. The monoisotopic (exact) mass is 410 g/mol. The average molecular weight is 411 g/mol. The van der Waals surface area contributed by atoms with E-state index in [2.05, 4.69) is 31.2 Å². The molecule has 1 aliphatic rings. The van der Waals surface area contributed by atoms with Crippen LogP contribution >= 0.6 is 23.2 Å². The molecule has 0 radical (unpaired) electrons. The highest BCUT2D eigenvalue weighted by Crippen LogP contribution is 2.38. The first-order chi connectivity index (χ1) is 13.5. The minimum Gasteiger partial charge on any atom is -0.318 e. The zero-order chi connectivity index (χ0) is 19.7. The number of carbonyl (C=O) groups excluding carboxylic acids is 1. The molecule has 1 unspecified atom stereocenters. The Morgan fingerprint density at radius 1 is 0.929 bits per heavy atom. The van der Waals surface area contributed by atoms with Crippen molar-refractivity contribution in [3.63, 3.8) is 0 Å². The fourth-order valence-corrected chi connectivity index (χ4v) is 3.96. The van der Waals surface area contributed by atoms with Crippen LogP contribution in [0.15, 0.2) is 72.8 Å². The summed E-state index contributed by atoms with van der Waals surface area (Å²) in [5.41, 5.74) is 4.06. The van der Waals surface area contributed by atoms with E-state index in [1.54, 1.807) is 12.1 Å². The number of amides is 2. The van der Waals surface area contributed by atoms with Gasteiger partial charge in [-0.1, -0.05) is 71.2 Å². The molecule has 1 saturated heterocycles. The molecule has 5 heteroatoms. The number of hydrogen-bond donors (Lipinski definition) is 0. The number of aryl methyl sites for hydroxylation is 1. The van der Waals surface area contributed by atoms with Gasteiger partial charge in [-0.2, -0.15) is 0 Å². The number of carbonyl (C=O) groups is 1. The van der Waals surface area contributed by atoms with E-state index < -0.39 is 0 Å². The van der Waals surface area contributed by atoms with Crippen LogP contribution in [0.1, 0.15) is 22.7 Å². The number of anilines is 1. The molecule has 1 aliphatic heterocycles. The standard InChI is InChI=1S/C23H20Cl2N2O/c1-16-6-8-17(9-7-16)14-26-15-22(20-4-2-3-5-21(20)25)27(23(26)28)19-12-10-18(24)11-13-19/h2-13,22H,14-15H2,1H3. The Morgan fingerprint density at radius 3 is 2.29 bits per heavy atom. The van der Waals surface area contributed by atoms with E-state index in [0.29, 0.717) is 23.1 Å². The molecule has 3 aromatic rings. The molecule has 1 atom stereocenters. The van der Waals surface area contributed by atoms with Crippen LogP contribution in [0.25, 0.3) is 0 Å². The van der Waals surface area contributed by atoms with Crippen molar-refractivity contribution in [3.05, 3.63) is 99.5 Å². The van der Waals surface area contributed by atoms with Crippen molar-refractivity contribution >= 4 is 34.9 Å². The van der Waals surface area contributed by atoms with Gasteiger partial charge in [0, 0.05) is 28.8 Å². The Kier molecular flexibility index (Phi) is 5.29. The highest BCUT2D eigenvalue weighted by atomic mass is 35.5. The molecule has 0 aromatic heterocycles. The Morgan fingerprint density at radius 2 is 1.61 bits per heavy atom. The summed E-state index contributed by atoms with van der Waals surface area (Å²) in [6.07, 6.45) is 0. The van der Waals surface area contributed by atoms with Crippen molar-refractivity contribution in [3.8, 4) is 0 Å². The van der Waals surface area contributed by atoms with Gasteiger partial charge in [0.2, 0.25) is 0 Å². The summed E-state index contributed by atoms with van der Waals surface area (Å²) in [4.78, 5) is 17.0. The van der Waals surface area contributed by atoms with Gasteiger partial charge in [0.15, 0.2) is 0 Å². The number of rotatable bonds is 4. The molecule has 0 N–H and O–H groups in total. The predicted molar refractivity (Wildman–Crippen MR) is 115 cm³/mol. The van der Waals surface area contributed by atoms with Crippen molar-refractivity contribution in [1.82, 2.24) is 4.90 Å². The largest absolute Gasteiger partial charge is 0.325 e. The summed E-state index contributed by atoms with van der Waals surface area (Å²) in [6, 6.07) is 23.1. The van der Waals surface area contributed by atoms with Crippen LogP contribution < -0.4 is 4.90 Å². The molecule has 1 heterocycles. The second-order valence-corrected chi connectivity index (χ2v) is 7.88. The number of benzene rings is 3. The SMILES string of the molecule is Cc1ccc(CN2CC(c3ccccc3Cl)N(c3ccc(Cl)cc3)C2=O)cc1. The summed E-state index contributed by atoms with van der Waals surface area (Å²) < 4.78 is 0. The lowest BCUT2D eigenvalue weighted by molar-refractivity contribution is 0.218. The van der Waals surface area contributed by atoms with E-state index >= 15 is 0 Å². The highest BCUT2D eigenvalue weighted by molar-refractivity contribution is 6.31. The molecule has 0 saturated carbocycles. The van der Waals surface area contributed by atoms with Crippen LogP contribution in [0.5, 0.6) is 0 Å². The first-order valence-electron chi connectivity index (χ1n) is 9.16. The average Bonchev–Trinajstić information content (AvgIpc) is 3.01. The second-order valence-electron chi connectivity index (χ2n) is 7.03. The minimum atomic E-state index is -0.159. The molecule has 0 aliphatic carbocycles. The lowest BCUT2D eigenvalue weighted by Gasteiger charge is -2.24. The smallest absolute Gasteiger partial charge is 0.318 e. The maximum atomic E-state index is 13.3. The Hall–Kier alpha value is -2.49. The van der Waals surface area contributed by atoms with E-state index in [4.69, 9.17) is 23.2 Å². The maximum Gasteiger partial charge on any atom is 0.325 e. The summed E-state index contributed by atoms with van der Waals surface area (Å²) in [5.74, 6) is 0. The number of hydrogen-bond acceptors (Lipinski definition) is 1. The molecule has 4 rings (SSSR count). The third kappa shape index (κ3) is 3.73. The fraction of sp³-hybridized carbons (Fsp3) is 0.174. The molecule has 142 valence electrons. The van der Waals surface area contributed by atoms with E-state index in [0.717, 1.165) is 16.8 Å². The van der Waals surface area contributed by atoms with Crippen molar-refractivity contribution < 1.29 is 4.79 Å². The van der Waals surface area contributed by atoms with Crippen molar-refractivity contribution in [2.75, 3.05) is 11.4 Å². The van der Waals surface area contributed by atoms with Gasteiger partial charge < -0.3 is 4.90 Å².